The van der Waals surface area contributed by atoms with Crippen molar-refractivity contribution in [3.05, 3.63) is 48.2 Å². The van der Waals surface area contributed by atoms with E-state index < -0.39 is 0 Å². The fraction of sp³-hybridized carbons (Fsp3) is 0.200. The summed E-state index contributed by atoms with van der Waals surface area (Å²) < 4.78 is 1.90. The second-order valence-electron chi connectivity index (χ2n) is 5.15. The molecule has 0 bridgehead atoms. The first-order chi connectivity index (χ1) is 10.0. The van der Waals surface area contributed by atoms with Crippen LogP contribution in [0.4, 0.5) is 5.69 Å². The van der Waals surface area contributed by atoms with Crippen LogP contribution in [0.3, 0.4) is 0 Å². The lowest BCUT2D eigenvalue weighted by molar-refractivity contribution is 0.0775. The summed E-state index contributed by atoms with van der Waals surface area (Å²) in [4.78, 5) is 21.5. The van der Waals surface area contributed by atoms with E-state index in [2.05, 4.69) is 9.97 Å². The van der Waals surface area contributed by atoms with Crippen molar-refractivity contribution in [1.82, 2.24) is 19.4 Å². The number of imidazole rings is 1. The van der Waals surface area contributed by atoms with E-state index in [9.17, 15) is 4.79 Å². The van der Waals surface area contributed by atoms with Gasteiger partial charge in [-0.3, -0.25) is 4.79 Å². The highest BCUT2D eigenvalue weighted by atomic mass is 16.2. The van der Waals surface area contributed by atoms with Crippen LogP contribution in [0.2, 0.25) is 0 Å². The number of carbonyl (C=O) groups is 1. The Bertz CT molecular complexity index is 801. The molecule has 3 aromatic rings. The number of hydrogen-bond donors (Lipinski definition) is 2. The number of H-pyrrole nitrogens is 1. The monoisotopic (exact) mass is 283 g/mol. The summed E-state index contributed by atoms with van der Waals surface area (Å²) in [6.07, 6.45) is 3.58. The van der Waals surface area contributed by atoms with Gasteiger partial charge in [0.05, 0.1) is 6.54 Å². The molecule has 6 nitrogen and oxygen atoms in total. The molecule has 0 spiro atoms. The molecule has 0 fully saturated rings. The maximum absolute atomic E-state index is 12.5. The Morgan fingerprint density at radius 3 is 2.95 bits per heavy atom. The second-order valence-corrected chi connectivity index (χ2v) is 5.15. The number of aromatic amines is 1. The third-order valence-corrected chi connectivity index (χ3v) is 3.52. The van der Waals surface area contributed by atoms with E-state index in [1.54, 1.807) is 18.1 Å². The minimum absolute atomic E-state index is 0.0761. The minimum atomic E-state index is -0.0761. The number of amides is 1. The number of nitrogen functional groups attached to an aromatic ring is 1. The molecule has 21 heavy (non-hydrogen) atoms. The number of fused-ring (bicyclic) bond motifs is 1. The Kier molecular flexibility index (Phi) is 3.13. The lowest BCUT2D eigenvalue weighted by Crippen LogP contribution is -2.27. The van der Waals surface area contributed by atoms with Gasteiger partial charge in [0.25, 0.3) is 5.91 Å². The number of nitrogens with two attached hydrogens (primary N) is 1. The molecule has 0 saturated carbocycles. The second kappa shape index (κ2) is 4.97. The molecule has 3 N–H and O–H groups in total. The van der Waals surface area contributed by atoms with Gasteiger partial charge in [0.15, 0.2) is 0 Å². The molecule has 2 aromatic heterocycles. The number of hydrogen-bond acceptors (Lipinski definition) is 3. The third-order valence-electron chi connectivity index (χ3n) is 3.52. The number of rotatable bonds is 3. The molecule has 0 aliphatic rings. The molecule has 0 radical (unpaired) electrons. The Labute approximate surface area is 122 Å². The summed E-state index contributed by atoms with van der Waals surface area (Å²) in [5.74, 6) is 0.763. The van der Waals surface area contributed by atoms with Crippen LogP contribution >= 0.6 is 0 Å². The van der Waals surface area contributed by atoms with Crippen molar-refractivity contribution in [3.63, 3.8) is 0 Å². The van der Waals surface area contributed by atoms with E-state index in [4.69, 9.17) is 5.73 Å². The molecule has 0 unspecified atom stereocenters. The standard InChI is InChI=1S/C15H17N5O/c1-19-6-5-17-14(19)9-20(2)15(21)13-8-10-7-11(16)3-4-12(10)18-13/h3-8,18H,9,16H2,1-2H3. The van der Waals surface area contributed by atoms with E-state index in [1.807, 2.05) is 42.1 Å². The summed E-state index contributed by atoms with van der Waals surface area (Å²) >= 11 is 0. The highest BCUT2D eigenvalue weighted by Gasteiger charge is 2.16. The van der Waals surface area contributed by atoms with E-state index in [1.165, 1.54) is 0 Å². The number of nitrogens with zero attached hydrogens (tertiary/aromatic N) is 3. The van der Waals surface area contributed by atoms with Crippen molar-refractivity contribution in [3.8, 4) is 0 Å². The van der Waals surface area contributed by atoms with Gasteiger partial charge in [0.2, 0.25) is 0 Å². The normalized spacial score (nSPS) is 11.0. The van der Waals surface area contributed by atoms with Crippen molar-refractivity contribution >= 4 is 22.5 Å². The Morgan fingerprint density at radius 2 is 2.24 bits per heavy atom. The van der Waals surface area contributed by atoms with Gasteiger partial charge in [-0.1, -0.05) is 0 Å². The number of aryl methyl sites for hydroxylation is 1. The molecule has 0 aliphatic heterocycles. The Morgan fingerprint density at radius 1 is 1.43 bits per heavy atom. The molecule has 0 saturated heterocycles. The smallest absolute Gasteiger partial charge is 0.270 e. The van der Waals surface area contributed by atoms with Crippen LogP contribution in [0, 0.1) is 0 Å². The number of aromatic nitrogens is 3. The molecule has 3 rings (SSSR count). The Balaban J connectivity index is 1.84. The number of nitrogens with one attached hydrogen (secondary N) is 1. The molecule has 2 heterocycles. The predicted molar refractivity (Wildman–Crippen MR) is 81.7 cm³/mol. The molecule has 0 atom stereocenters. The molecule has 0 aliphatic carbocycles. The fourth-order valence-corrected chi connectivity index (χ4v) is 2.30. The van der Waals surface area contributed by atoms with Crippen molar-refractivity contribution in [2.75, 3.05) is 12.8 Å². The predicted octanol–water partition coefficient (Wildman–Crippen LogP) is 1.76. The van der Waals surface area contributed by atoms with Gasteiger partial charge < -0.3 is 20.2 Å². The maximum Gasteiger partial charge on any atom is 0.270 e. The summed E-state index contributed by atoms with van der Waals surface area (Å²) in [5.41, 5.74) is 7.89. The molecular formula is C15H17N5O. The average molecular weight is 283 g/mol. The van der Waals surface area contributed by atoms with Gasteiger partial charge in [-0.05, 0) is 24.3 Å². The number of anilines is 1. The summed E-state index contributed by atoms with van der Waals surface area (Å²) in [6, 6.07) is 7.36. The number of benzene rings is 1. The van der Waals surface area contributed by atoms with Gasteiger partial charge in [0, 0.05) is 43.1 Å². The van der Waals surface area contributed by atoms with Crippen LogP contribution in [0.5, 0.6) is 0 Å². The van der Waals surface area contributed by atoms with Crippen LogP contribution in [0.25, 0.3) is 10.9 Å². The molecule has 6 heteroatoms. The quantitative estimate of drug-likeness (QED) is 0.719. The van der Waals surface area contributed by atoms with Crippen molar-refractivity contribution in [2.45, 2.75) is 6.54 Å². The number of carbonyl (C=O) groups excluding carboxylic acids is 1. The van der Waals surface area contributed by atoms with Crippen LogP contribution in [-0.2, 0) is 13.6 Å². The third kappa shape index (κ3) is 2.47. The summed E-state index contributed by atoms with van der Waals surface area (Å²) in [6.45, 7) is 0.458. The first-order valence-corrected chi connectivity index (χ1v) is 6.64. The molecule has 1 aromatic carbocycles. The van der Waals surface area contributed by atoms with E-state index in [0.29, 0.717) is 17.9 Å². The minimum Gasteiger partial charge on any atom is -0.399 e. The van der Waals surface area contributed by atoms with Crippen LogP contribution in [0.1, 0.15) is 16.3 Å². The van der Waals surface area contributed by atoms with Gasteiger partial charge >= 0.3 is 0 Å². The van der Waals surface area contributed by atoms with Gasteiger partial charge in [-0.2, -0.15) is 0 Å². The first kappa shape index (κ1) is 13.2. The summed E-state index contributed by atoms with van der Waals surface area (Å²) in [5, 5.41) is 0.934. The molecular weight excluding hydrogens is 266 g/mol. The average Bonchev–Trinajstić information content (AvgIpc) is 3.04. The van der Waals surface area contributed by atoms with Crippen LogP contribution < -0.4 is 5.73 Å². The Hall–Kier alpha value is -2.76. The van der Waals surface area contributed by atoms with Crippen molar-refractivity contribution in [2.24, 2.45) is 7.05 Å². The van der Waals surface area contributed by atoms with E-state index in [-0.39, 0.29) is 5.91 Å². The fourth-order valence-electron chi connectivity index (χ4n) is 2.30. The lowest BCUT2D eigenvalue weighted by atomic mass is 10.2. The lowest BCUT2D eigenvalue weighted by Gasteiger charge is -2.15. The van der Waals surface area contributed by atoms with E-state index in [0.717, 1.165) is 16.7 Å². The zero-order valence-electron chi connectivity index (χ0n) is 12.0. The highest BCUT2D eigenvalue weighted by Crippen LogP contribution is 2.19. The van der Waals surface area contributed by atoms with E-state index >= 15 is 0 Å². The van der Waals surface area contributed by atoms with Crippen molar-refractivity contribution in [1.29, 1.82) is 0 Å². The van der Waals surface area contributed by atoms with Gasteiger partial charge in [0.1, 0.15) is 11.5 Å². The zero-order valence-corrected chi connectivity index (χ0v) is 12.0. The zero-order chi connectivity index (χ0) is 15.0. The first-order valence-electron chi connectivity index (χ1n) is 6.64. The molecule has 108 valence electrons. The highest BCUT2D eigenvalue weighted by molar-refractivity contribution is 5.98. The summed E-state index contributed by atoms with van der Waals surface area (Å²) in [7, 11) is 3.67. The SMILES string of the molecule is CN(Cc1nccn1C)C(=O)c1cc2cc(N)ccc2[nH]1. The van der Waals surface area contributed by atoms with Gasteiger partial charge in [-0.25, -0.2) is 4.98 Å². The largest absolute Gasteiger partial charge is 0.399 e. The van der Waals surface area contributed by atoms with Crippen LogP contribution in [0.15, 0.2) is 36.7 Å². The van der Waals surface area contributed by atoms with Gasteiger partial charge in [-0.15, -0.1) is 0 Å². The maximum atomic E-state index is 12.5. The van der Waals surface area contributed by atoms with Crippen molar-refractivity contribution < 1.29 is 4.79 Å². The van der Waals surface area contributed by atoms with Crippen LogP contribution in [-0.4, -0.2) is 32.4 Å². The molecule has 1 amide bonds. The topological polar surface area (TPSA) is 79.9 Å².